The van der Waals surface area contributed by atoms with Gasteiger partial charge >= 0.3 is 0 Å². The number of rotatable bonds is 3. The van der Waals surface area contributed by atoms with Crippen molar-refractivity contribution in [2.75, 3.05) is 18.1 Å². The fourth-order valence-electron chi connectivity index (χ4n) is 1.58. The number of sulfone groups is 1. The summed E-state index contributed by atoms with van der Waals surface area (Å²) in [6, 6.07) is 0.0876. The molecule has 0 aromatic heterocycles. The minimum absolute atomic E-state index is 0.0876. The molecule has 0 atom stereocenters. The fourth-order valence-corrected chi connectivity index (χ4v) is 2.87. The molecule has 1 aliphatic heterocycles. The van der Waals surface area contributed by atoms with Gasteiger partial charge in [-0.2, -0.15) is 0 Å². The van der Waals surface area contributed by atoms with Crippen molar-refractivity contribution in [1.29, 1.82) is 0 Å². The Morgan fingerprint density at radius 2 is 2.00 bits per heavy atom. The van der Waals surface area contributed by atoms with Gasteiger partial charge in [-0.05, 0) is 12.8 Å². The van der Waals surface area contributed by atoms with Crippen LogP contribution in [-0.2, 0) is 9.84 Å². The van der Waals surface area contributed by atoms with Crippen LogP contribution in [0.4, 0.5) is 0 Å². The second-order valence-corrected chi connectivity index (χ2v) is 6.01. The molecule has 70 valence electrons. The van der Waals surface area contributed by atoms with E-state index in [9.17, 15) is 8.42 Å². The molecule has 0 aromatic carbocycles. The normalized spacial score (nSPS) is 31.1. The summed E-state index contributed by atoms with van der Waals surface area (Å²) in [5, 5.41) is 12.1. The molecular formula is C7H13NO3S. The third kappa shape index (κ3) is 1.48. The maximum absolute atomic E-state index is 10.8. The van der Waals surface area contributed by atoms with Crippen LogP contribution in [0, 0.1) is 0 Å². The van der Waals surface area contributed by atoms with Gasteiger partial charge in [0, 0.05) is 11.6 Å². The van der Waals surface area contributed by atoms with Crippen LogP contribution in [0.1, 0.15) is 12.8 Å². The Labute approximate surface area is 71.9 Å². The Morgan fingerprint density at radius 3 is 2.33 bits per heavy atom. The van der Waals surface area contributed by atoms with Crippen LogP contribution in [0.15, 0.2) is 0 Å². The van der Waals surface area contributed by atoms with E-state index < -0.39 is 9.84 Å². The molecule has 0 aromatic rings. The molecule has 0 spiro atoms. The molecule has 2 fully saturated rings. The molecule has 1 saturated heterocycles. The Morgan fingerprint density at radius 1 is 1.42 bits per heavy atom. The van der Waals surface area contributed by atoms with E-state index in [1.54, 1.807) is 0 Å². The fraction of sp³-hybridized carbons (Fsp3) is 1.00. The highest BCUT2D eigenvalue weighted by molar-refractivity contribution is 7.92. The SMILES string of the molecule is O=S1(=O)CC(NC2(CO)CC2)C1. The van der Waals surface area contributed by atoms with Gasteiger partial charge in [-0.1, -0.05) is 0 Å². The summed E-state index contributed by atoms with van der Waals surface area (Å²) in [6.45, 7) is 0.129. The first-order chi connectivity index (χ1) is 5.55. The monoisotopic (exact) mass is 191 g/mol. The average molecular weight is 191 g/mol. The van der Waals surface area contributed by atoms with Gasteiger partial charge in [0.2, 0.25) is 0 Å². The Balaban J connectivity index is 1.84. The molecule has 5 heteroatoms. The Kier molecular flexibility index (Phi) is 1.72. The van der Waals surface area contributed by atoms with Gasteiger partial charge in [-0.25, -0.2) is 8.42 Å². The lowest BCUT2D eigenvalue weighted by atomic mass is 10.2. The van der Waals surface area contributed by atoms with Crippen LogP contribution >= 0.6 is 0 Å². The zero-order valence-corrected chi connectivity index (χ0v) is 7.60. The standard InChI is InChI=1S/C7H13NO3S/c9-5-7(1-2-7)8-6-3-12(10,11)4-6/h6,8-9H,1-5H2. The molecule has 0 unspecified atom stereocenters. The first-order valence-corrected chi connectivity index (χ1v) is 5.96. The summed E-state index contributed by atoms with van der Waals surface area (Å²) in [4.78, 5) is 0. The predicted octanol–water partition coefficient (Wildman–Crippen LogP) is -1.10. The molecule has 2 rings (SSSR count). The van der Waals surface area contributed by atoms with E-state index in [-0.39, 0.29) is 29.7 Å². The third-order valence-electron chi connectivity index (χ3n) is 2.58. The van der Waals surface area contributed by atoms with Crippen molar-refractivity contribution in [3.63, 3.8) is 0 Å². The van der Waals surface area contributed by atoms with Gasteiger partial charge < -0.3 is 10.4 Å². The number of nitrogens with one attached hydrogen (secondary N) is 1. The highest BCUT2D eigenvalue weighted by Crippen LogP contribution is 2.36. The largest absolute Gasteiger partial charge is 0.394 e. The van der Waals surface area contributed by atoms with Gasteiger partial charge in [0.05, 0.1) is 18.1 Å². The van der Waals surface area contributed by atoms with Crippen LogP contribution in [-0.4, -0.2) is 43.2 Å². The van der Waals surface area contributed by atoms with E-state index in [0.29, 0.717) is 0 Å². The minimum atomic E-state index is -2.73. The summed E-state index contributed by atoms with van der Waals surface area (Å²) in [7, 11) is -2.73. The molecule has 0 amide bonds. The topological polar surface area (TPSA) is 66.4 Å². The molecule has 0 bridgehead atoms. The third-order valence-corrected chi connectivity index (χ3v) is 4.40. The van der Waals surface area contributed by atoms with Crippen molar-refractivity contribution >= 4 is 9.84 Å². The molecule has 2 aliphatic rings. The summed E-state index contributed by atoms with van der Waals surface area (Å²) < 4.78 is 21.6. The smallest absolute Gasteiger partial charge is 0.153 e. The Hall–Kier alpha value is -0.130. The molecule has 1 heterocycles. The second kappa shape index (κ2) is 2.43. The lowest BCUT2D eigenvalue weighted by molar-refractivity contribution is 0.221. The van der Waals surface area contributed by atoms with Gasteiger partial charge in [0.15, 0.2) is 9.84 Å². The van der Waals surface area contributed by atoms with Crippen LogP contribution in [0.3, 0.4) is 0 Å². The van der Waals surface area contributed by atoms with Crippen molar-refractivity contribution in [3.8, 4) is 0 Å². The molecule has 1 saturated carbocycles. The molecule has 12 heavy (non-hydrogen) atoms. The average Bonchev–Trinajstić information content (AvgIpc) is 2.66. The molecular weight excluding hydrogens is 178 g/mol. The maximum Gasteiger partial charge on any atom is 0.153 e. The molecule has 2 N–H and O–H groups in total. The zero-order valence-electron chi connectivity index (χ0n) is 6.78. The van der Waals surface area contributed by atoms with Crippen LogP contribution < -0.4 is 5.32 Å². The Bertz CT molecular complexity index is 269. The van der Waals surface area contributed by atoms with Crippen molar-refractivity contribution in [3.05, 3.63) is 0 Å². The molecule has 0 radical (unpaired) electrons. The summed E-state index contributed by atoms with van der Waals surface area (Å²) in [5.41, 5.74) is -0.124. The maximum atomic E-state index is 10.8. The number of hydrogen-bond donors (Lipinski definition) is 2. The lowest BCUT2D eigenvalue weighted by Crippen LogP contribution is -2.56. The van der Waals surface area contributed by atoms with E-state index in [1.807, 2.05) is 0 Å². The predicted molar refractivity (Wildman–Crippen MR) is 44.6 cm³/mol. The van der Waals surface area contributed by atoms with Crippen molar-refractivity contribution in [1.82, 2.24) is 5.32 Å². The lowest BCUT2D eigenvalue weighted by Gasteiger charge is -2.30. The van der Waals surface area contributed by atoms with E-state index in [4.69, 9.17) is 5.11 Å². The minimum Gasteiger partial charge on any atom is -0.394 e. The highest BCUT2D eigenvalue weighted by Gasteiger charge is 2.46. The van der Waals surface area contributed by atoms with E-state index in [0.717, 1.165) is 12.8 Å². The molecule has 1 aliphatic carbocycles. The van der Waals surface area contributed by atoms with Crippen molar-refractivity contribution < 1.29 is 13.5 Å². The quantitative estimate of drug-likeness (QED) is 0.594. The van der Waals surface area contributed by atoms with Crippen molar-refractivity contribution in [2.45, 2.75) is 24.4 Å². The highest BCUT2D eigenvalue weighted by atomic mass is 32.2. The number of hydrogen-bond acceptors (Lipinski definition) is 4. The van der Waals surface area contributed by atoms with E-state index in [2.05, 4.69) is 5.32 Å². The van der Waals surface area contributed by atoms with Gasteiger partial charge in [0.1, 0.15) is 0 Å². The summed E-state index contributed by atoms with van der Waals surface area (Å²) in [6.07, 6.45) is 1.94. The van der Waals surface area contributed by atoms with Crippen LogP contribution in [0.2, 0.25) is 0 Å². The zero-order chi connectivity index (χ0) is 8.82. The van der Waals surface area contributed by atoms with Crippen LogP contribution in [0.5, 0.6) is 0 Å². The van der Waals surface area contributed by atoms with Gasteiger partial charge in [-0.3, -0.25) is 0 Å². The van der Waals surface area contributed by atoms with E-state index in [1.165, 1.54) is 0 Å². The second-order valence-electron chi connectivity index (χ2n) is 3.86. The summed E-state index contributed by atoms with van der Waals surface area (Å²) in [5.74, 6) is 0.490. The van der Waals surface area contributed by atoms with Crippen molar-refractivity contribution in [2.24, 2.45) is 0 Å². The van der Waals surface area contributed by atoms with Gasteiger partial charge in [-0.15, -0.1) is 0 Å². The van der Waals surface area contributed by atoms with Crippen LogP contribution in [0.25, 0.3) is 0 Å². The number of aliphatic hydroxyl groups is 1. The first kappa shape index (κ1) is 8.47. The van der Waals surface area contributed by atoms with E-state index >= 15 is 0 Å². The van der Waals surface area contributed by atoms with Gasteiger partial charge in [0.25, 0.3) is 0 Å². The first-order valence-electron chi connectivity index (χ1n) is 4.14. The number of aliphatic hydroxyl groups excluding tert-OH is 1. The summed E-state index contributed by atoms with van der Waals surface area (Å²) >= 11 is 0. The molecule has 4 nitrogen and oxygen atoms in total.